The molecular formula is C21H23N3O. The Balaban J connectivity index is 1.73. The van der Waals surface area contributed by atoms with E-state index in [4.69, 9.17) is 0 Å². The largest absolute Gasteiger partial charge is 0.393 e. The lowest BCUT2D eigenvalue weighted by molar-refractivity contribution is 0.193. The van der Waals surface area contributed by atoms with Crippen LogP contribution in [0, 0.1) is 0 Å². The van der Waals surface area contributed by atoms with E-state index >= 15 is 0 Å². The Morgan fingerprint density at radius 2 is 2.00 bits per heavy atom. The fourth-order valence-electron chi connectivity index (χ4n) is 3.60. The molecule has 128 valence electrons. The van der Waals surface area contributed by atoms with Crippen LogP contribution >= 0.6 is 0 Å². The molecule has 25 heavy (non-hydrogen) atoms. The molecule has 1 aliphatic heterocycles. The van der Waals surface area contributed by atoms with Crippen molar-refractivity contribution in [3.05, 3.63) is 71.7 Å². The highest BCUT2D eigenvalue weighted by atomic mass is 16.3. The molecule has 2 aromatic carbocycles. The van der Waals surface area contributed by atoms with Crippen molar-refractivity contribution in [1.29, 1.82) is 0 Å². The van der Waals surface area contributed by atoms with Crippen LogP contribution in [-0.4, -0.2) is 27.3 Å². The quantitative estimate of drug-likeness (QED) is 0.751. The maximum Gasteiger partial charge on any atom is 0.0959 e. The van der Waals surface area contributed by atoms with Crippen molar-refractivity contribution in [2.24, 2.45) is 0 Å². The Kier molecular flexibility index (Phi) is 4.28. The number of anilines is 1. The molecule has 0 fully saturated rings. The molecule has 0 spiro atoms. The molecule has 1 atom stereocenters. The van der Waals surface area contributed by atoms with E-state index in [9.17, 15) is 5.11 Å². The number of imidazole rings is 1. The lowest BCUT2D eigenvalue weighted by Gasteiger charge is -2.14. The summed E-state index contributed by atoms with van der Waals surface area (Å²) in [6, 6.07) is 16.7. The molecule has 0 saturated heterocycles. The van der Waals surface area contributed by atoms with Crippen LogP contribution in [0.15, 0.2) is 54.9 Å². The smallest absolute Gasteiger partial charge is 0.0959 e. The van der Waals surface area contributed by atoms with Gasteiger partial charge in [-0.3, -0.25) is 0 Å². The van der Waals surface area contributed by atoms with Gasteiger partial charge in [0.25, 0.3) is 0 Å². The van der Waals surface area contributed by atoms with Crippen LogP contribution in [0.1, 0.15) is 23.7 Å². The van der Waals surface area contributed by atoms with Gasteiger partial charge in [-0.25, -0.2) is 4.98 Å². The van der Waals surface area contributed by atoms with Crippen molar-refractivity contribution in [3.8, 4) is 11.3 Å². The Labute approximate surface area is 148 Å². The molecule has 0 saturated carbocycles. The Morgan fingerprint density at radius 3 is 2.80 bits per heavy atom. The molecule has 0 amide bonds. The van der Waals surface area contributed by atoms with Crippen LogP contribution in [0.3, 0.4) is 0 Å². The van der Waals surface area contributed by atoms with E-state index in [1.165, 1.54) is 16.8 Å². The molecule has 4 heteroatoms. The zero-order valence-corrected chi connectivity index (χ0v) is 14.4. The maximum absolute atomic E-state index is 9.99. The second-order valence-corrected chi connectivity index (χ2v) is 6.71. The van der Waals surface area contributed by atoms with E-state index in [1.54, 1.807) is 0 Å². The summed E-state index contributed by atoms with van der Waals surface area (Å²) < 4.78 is 2.17. The van der Waals surface area contributed by atoms with Crippen molar-refractivity contribution in [2.75, 3.05) is 11.9 Å². The van der Waals surface area contributed by atoms with Gasteiger partial charge in [0.05, 0.1) is 24.7 Å². The van der Waals surface area contributed by atoms with Crippen LogP contribution in [-0.2, 0) is 19.4 Å². The third-order valence-corrected chi connectivity index (χ3v) is 4.76. The Bertz CT molecular complexity index is 868. The van der Waals surface area contributed by atoms with Crippen molar-refractivity contribution in [2.45, 2.75) is 32.4 Å². The predicted octanol–water partition coefficient (Wildman–Crippen LogP) is 3.49. The summed E-state index contributed by atoms with van der Waals surface area (Å²) in [5, 5.41) is 13.5. The van der Waals surface area contributed by atoms with Crippen molar-refractivity contribution in [1.82, 2.24) is 9.55 Å². The van der Waals surface area contributed by atoms with E-state index in [0.717, 1.165) is 36.5 Å². The number of fused-ring (bicyclic) bond motifs is 1. The van der Waals surface area contributed by atoms with Crippen LogP contribution in [0.4, 0.5) is 5.69 Å². The number of rotatable bonds is 5. The van der Waals surface area contributed by atoms with E-state index in [0.29, 0.717) is 6.42 Å². The molecule has 0 radical (unpaired) electrons. The first-order chi connectivity index (χ1) is 12.2. The first kappa shape index (κ1) is 15.9. The van der Waals surface area contributed by atoms with E-state index < -0.39 is 6.10 Å². The van der Waals surface area contributed by atoms with E-state index in [1.807, 2.05) is 31.5 Å². The summed E-state index contributed by atoms with van der Waals surface area (Å²) in [5.41, 5.74) is 7.06. The Morgan fingerprint density at radius 1 is 1.16 bits per heavy atom. The minimum Gasteiger partial charge on any atom is -0.393 e. The fourth-order valence-corrected chi connectivity index (χ4v) is 3.60. The minimum atomic E-state index is -0.405. The molecule has 1 aliphatic rings. The molecule has 4 nitrogen and oxygen atoms in total. The number of nitrogens with zero attached hydrogens (tertiary/aromatic N) is 2. The van der Waals surface area contributed by atoms with Gasteiger partial charge in [0.1, 0.15) is 0 Å². The van der Waals surface area contributed by atoms with Crippen molar-refractivity contribution in [3.63, 3.8) is 0 Å². The minimum absolute atomic E-state index is 0.405. The number of aliphatic hydroxyl groups is 1. The molecule has 2 heterocycles. The van der Waals surface area contributed by atoms with Gasteiger partial charge in [0, 0.05) is 29.9 Å². The average molecular weight is 333 g/mol. The first-order valence-corrected chi connectivity index (χ1v) is 8.84. The Hall–Kier alpha value is -2.59. The van der Waals surface area contributed by atoms with E-state index in [2.05, 4.69) is 45.2 Å². The standard InChI is InChI=1S/C21H23N3O/c1-15(25)12-19-21(16-6-3-2-4-7-16)23-14-24(19)13-18-9-5-8-17-10-11-22-20(17)18/h2-9,14-15,22,25H,10-13H2,1H3. The summed E-state index contributed by atoms with van der Waals surface area (Å²) >= 11 is 0. The van der Waals surface area contributed by atoms with Gasteiger partial charge in [0.2, 0.25) is 0 Å². The molecule has 3 aromatic rings. The third kappa shape index (κ3) is 3.17. The predicted molar refractivity (Wildman–Crippen MR) is 101 cm³/mol. The second kappa shape index (κ2) is 6.73. The molecule has 2 N–H and O–H groups in total. The number of hydrogen-bond donors (Lipinski definition) is 2. The molecular weight excluding hydrogens is 310 g/mol. The van der Waals surface area contributed by atoms with Crippen molar-refractivity contribution >= 4 is 5.69 Å². The van der Waals surface area contributed by atoms with Crippen LogP contribution < -0.4 is 5.32 Å². The molecule has 0 bridgehead atoms. The zero-order chi connectivity index (χ0) is 17.2. The van der Waals surface area contributed by atoms with Gasteiger partial charge in [-0.05, 0) is 24.5 Å². The summed E-state index contributed by atoms with van der Waals surface area (Å²) in [6.45, 7) is 3.60. The van der Waals surface area contributed by atoms with Crippen LogP contribution in [0.25, 0.3) is 11.3 Å². The number of aromatic nitrogens is 2. The summed E-state index contributed by atoms with van der Waals surface area (Å²) in [7, 11) is 0. The van der Waals surface area contributed by atoms with Gasteiger partial charge >= 0.3 is 0 Å². The molecule has 0 aliphatic carbocycles. The topological polar surface area (TPSA) is 50.1 Å². The fraction of sp³-hybridized carbons (Fsp3) is 0.286. The van der Waals surface area contributed by atoms with Gasteiger partial charge in [-0.15, -0.1) is 0 Å². The lowest BCUT2D eigenvalue weighted by atomic mass is 10.1. The maximum atomic E-state index is 9.99. The number of para-hydroxylation sites is 1. The SMILES string of the molecule is CC(O)Cc1c(-c2ccccc2)ncn1Cc1cccc2c1NCC2. The summed E-state index contributed by atoms with van der Waals surface area (Å²) in [6.07, 6.45) is 3.17. The van der Waals surface area contributed by atoms with Gasteiger partial charge in [0.15, 0.2) is 0 Å². The first-order valence-electron chi connectivity index (χ1n) is 8.84. The highest BCUT2D eigenvalue weighted by Gasteiger charge is 2.18. The monoisotopic (exact) mass is 333 g/mol. The highest BCUT2D eigenvalue weighted by molar-refractivity contribution is 5.63. The molecule has 4 rings (SSSR count). The number of aliphatic hydroxyl groups excluding tert-OH is 1. The number of hydrogen-bond acceptors (Lipinski definition) is 3. The van der Waals surface area contributed by atoms with Crippen LogP contribution in [0.2, 0.25) is 0 Å². The lowest BCUT2D eigenvalue weighted by Crippen LogP contribution is -2.12. The van der Waals surface area contributed by atoms with Crippen LogP contribution in [0.5, 0.6) is 0 Å². The molecule has 1 aromatic heterocycles. The summed E-state index contributed by atoms with van der Waals surface area (Å²) in [4.78, 5) is 4.66. The second-order valence-electron chi connectivity index (χ2n) is 6.71. The number of benzene rings is 2. The van der Waals surface area contributed by atoms with E-state index in [-0.39, 0.29) is 0 Å². The van der Waals surface area contributed by atoms with Gasteiger partial charge in [-0.1, -0.05) is 48.5 Å². The summed E-state index contributed by atoms with van der Waals surface area (Å²) in [5.74, 6) is 0. The highest BCUT2D eigenvalue weighted by Crippen LogP contribution is 2.29. The van der Waals surface area contributed by atoms with Gasteiger partial charge < -0.3 is 15.0 Å². The normalized spacial score (nSPS) is 14.2. The van der Waals surface area contributed by atoms with Crippen molar-refractivity contribution < 1.29 is 5.11 Å². The average Bonchev–Trinajstić information content (AvgIpc) is 3.23. The number of nitrogens with one attached hydrogen (secondary N) is 1. The van der Waals surface area contributed by atoms with Gasteiger partial charge in [-0.2, -0.15) is 0 Å². The molecule has 1 unspecified atom stereocenters. The zero-order valence-electron chi connectivity index (χ0n) is 14.4. The third-order valence-electron chi connectivity index (χ3n) is 4.76.